The molecular weight excluding hydrogens is 292 g/mol. The molecular formula is C15H19ClN2O3. The van der Waals surface area contributed by atoms with E-state index in [9.17, 15) is 9.59 Å². The highest BCUT2D eigenvalue weighted by atomic mass is 35.5. The first kappa shape index (κ1) is 15.6. The Labute approximate surface area is 128 Å². The Morgan fingerprint density at radius 2 is 2.10 bits per heavy atom. The Morgan fingerprint density at radius 1 is 1.33 bits per heavy atom. The number of carboxylic acids is 1. The third kappa shape index (κ3) is 4.36. The first-order valence-corrected chi connectivity index (χ1v) is 7.44. The quantitative estimate of drug-likeness (QED) is 0.795. The van der Waals surface area contributed by atoms with E-state index in [0.717, 1.165) is 19.3 Å². The number of nitrogens with one attached hydrogen (secondary N) is 2. The van der Waals surface area contributed by atoms with Gasteiger partial charge in [-0.1, -0.05) is 31.4 Å². The van der Waals surface area contributed by atoms with Gasteiger partial charge in [0.15, 0.2) is 0 Å². The first-order chi connectivity index (χ1) is 9.95. The summed E-state index contributed by atoms with van der Waals surface area (Å²) in [5, 5.41) is 15.0. The first-order valence-electron chi connectivity index (χ1n) is 7.06. The number of carbonyl (C=O) groups excluding carboxylic acids is 1. The summed E-state index contributed by atoms with van der Waals surface area (Å²) in [7, 11) is 0. The number of aromatic carboxylic acids is 1. The van der Waals surface area contributed by atoms with E-state index >= 15 is 0 Å². The van der Waals surface area contributed by atoms with Gasteiger partial charge in [0.25, 0.3) is 0 Å². The lowest BCUT2D eigenvalue weighted by Gasteiger charge is -2.27. The summed E-state index contributed by atoms with van der Waals surface area (Å²) in [5.74, 6) is -0.502. The maximum Gasteiger partial charge on any atom is 0.337 e. The lowest BCUT2D eigenvalue weighted by atomic mass is 9.87. The summed E-state index contributed by atoms with van der Waals surface area (Å²) in [6, 6.07) is 4.05. The summed E-state index contributed by atoms with van der Waals surface area (Å²) in [6.45, 7) is 2.17. The molecule has 0 aromatic heterocycles. The van der Waals surface area contributed by atoms with E-state index in [1.54, 1.807) is 0 Å². The Kier molecular flexibility index (Phi) is 5.07. The molecule has 2 atom stereocenters. The van der Waals surface area contributed by atoms with Crippen molar-refractivity contribution in [2.45, 2.75) is 38.6 Å². The van der Waals surface area contributed by atoms with Crippen LogP contribution in [0.4, 0.5) is 10.5 Å². The molecule has 5 nitrogen and oxygen atoms in total. The van der Waals surface area contributed by atoms with Crippen LogP contribution in [0.25, 0.3) is 0 Å². The monoisotopic (exact) mass is 310 g/mol. The maximum absolute atomic E-state index is 12.0. The Bertz CT molecular complexity index is 548. The van der Waals surface area contributed by atoms with Crippen molar-refractivity contribution in [3.05, 3.63) is 28.8 Å². The Hall–Kier alpha value is -1.75. The second-order valence-electron chi connectivity index (χ2n) is 5.56. The number of carboxylic acid groups (broad SMARTS) is 1. The molecule has 0 radical (unpaired) electrons. The number of carbonyl (C=O) groups is 2. The molecule has 0 spiro atoms. The fourth-order valence-corrected chi connectivity index (χ4v) is 2.89. The summed E-state index contributed by atoms with van der Waals surface area (Å²) in [6.07, 6.45) is 4.20. The third-order valence-electron chi connectivity index (χ3n) is 3.73. The van der Waals surface area contributed by atoms with Gasteiger partial charge in [0.05, 0.1) is 11.3 Å². The largest absolute Gasteiger partial charge is 0.478 e. The Balaban J connectivity index is 2.02. The van der Waals surface area contributed by atoms with Gasteiger partial charge in [0.2, 0.25) is 0 Å². The summed E-state index contributed by atoms with van der Waals surface area (Å²) >= 11 is 5.85. The van der Waals surface area contributed by atoms with E-state index in [1.165, 1.54) is 24.6 Å². The highest BCUT2D eigenvalue weighted by Crippen LogP contribution is 2.24. The highest BCUT2D eigenvalue weighted by Gasteiger charge is 2.21. The molecule has 1 fully saturated rings. The van der Waals surface area contributed by atoms with Crippen molar-refractivity contribution in [3.8, 4) is 0 Å². The summed E-state index contributed by atoms with van der Waals surface area (Å²) < 4.78 is 0. The summed E-state index contributed by atoms with van der Waals surface area (Å²) in [4.78, 5) is 23.1. The fourth-order valence-electron chi connectivity index (χ4n) is 2.72. The molecule has 2 rings (SSSR count). The van der Waals surface area contributed by atoms with Crippen molar-refractivity contribution in [1.29, 1.82) is 0 Å². The van der Waals surface area contributed by atoms with Crippen LogP contribution in [0.3, 0.4) is 0 Å². The van der Waals surface area contributed by atoms with Crippen LogP contribution in [0, 0.1) is 5.92 Å². The van der Waals surface area contributed by atoms with Gasteiger partial charge in [-0.05, 0) is 37.0 Å². The van der Waals surface area contributed by atoms with Gasteiger partial charge in [-0.2, -0.15) is 0 Å². The molecule has 0 aliphatic heterocycles. The van der Waals surface area contributed by atoms with E-state index < -0.39 is 5.97 Å². The van der Waals surface area contributed by atoms with Crippen molar-refractivity contribution in [2.75, 3.05) is 5.32 Å². The molecule has 1 aromatic rings. The number of hydrogen-bond acceptors (Lipinski definition) is 2. The molecule has 0 saturated heterocycles. The van der Waals surface area contributed by atoms with Gasteiger partial charge in [-0.15, -0.1) is 0 Å². The number of amides is 2. The minimum absolute atomic E-state index is 0.0200. The zero-order chi connectivity index (χ0) is 15.4. The molecule has 1 aliphatic rings. The zero-order valence-corrected chi connectivity index (χ0v) is 12.6. The third-order valence-corrected chi connectivity index (χ3v) is 3.97. The SMILES string of the molecule is CC1CCCC(NC(=O)Nc2cc(Cl)ccc2C(=O)O)C1. The lowest BCUT2D eigenvalue weighted by Crippen LogP contribution is -2.40. The number of hydrogen-bond donors (Lipinski definition) is 3. The molecule has 1 saturated carbocycles. The smallest absolute Gasteiger partial charge is 0.337 e. The number of benzene rings is 1. The average molecular weight is 311 g/mol. The molecule has 0 bridgehead atoms. The summed E-state index contributed by atoms with van der Waals surface area (Å²) in [5.41, 5.74) is 0.225. The molecule has 2 unspecified atom stereocenters. The second kappa shape index (κ2) is 6.80. The number of urea groups is 1. The predicted molar refractivity (Wildman–Crippen MR) is 82.0 cm³/mol. The standard InChI is InChI=1S/C15H19ClN2O3/c1-9-3-2-4-11(7-9)17-15(21)18-13-8-10(16)5-6-12(13)14(19)20/h5-6,8-9,11H,2-4,7H2,1H3,(H,19,20)(H2,17,18,21). The molecule has 21 heavy (non-hydrogen) atoms. The molecule has 1 aromatic carbocycles. The van der Waals surface area contributed by atoms with Crippen LogP contribution >= 0.6 is 11.6 Å². The molecule has 0 heterocycles. The van der Waals surface area contributed by atoms with Crippen LogP contribution in [-0.4, -0.2) is 23.1 Å². The van der Waals surface area contributed by atoms with Crippen molar-refractivity contribution < 1.29 is 14.7 Å². The molecule has 3 N–H and O–H groups in total. The fraction of sp³-hybridized carbons (Fsp3) is 0.467. The topological polar surface area (TPSA) is 78.4 Å². The minimum Gasteiger partial charge on any atom is -0.478 e. The van der Waals surface area contributed by atoms with Crippen molar-refractivity contribution in [2.24, 2.45) is 5.92 Å². The van der Waals surface area contributed by atoms with Gasteiger partial charge in [0.1, 0.15) is 0 Å². The van der Waals surface area contributed by atoms with Gasteiger partial charge >= 0.3 is 12.0 Å². The predicted octanol–water partition coefficient (Wildman–Crippen LogP) is 3.74. The average Bonchev–Trinajstić information content (AvgIpc) is 2.38. The van der Waals surface area contributed by atoms with Crippen LogP contribution in [0.1, 0.15) is 43.0 Å². The van der Waals surface area contributed by atoms with Gasteiger partial charge in [0, 0.05) is 11.1 Å². The molecule has 2 amide bonds. The van der Waals surface area contributed by atoms with E-state index in [2.05, 4.69) is 17.6 Å². The van der Waals surface area contributed by atoms with Gasteiger partial charge in [-0.3, -0.25) is 0 Å². The minimum atomic E-state index is -1.10. The van der Waals surface area contributed by atoms with Crippen molar-refractivity contribution in [3.63, 3.8) is 0 Å². The molecule has 6 heteroatoms. The normalized spacial score (nSPS) is 21.6. The second-order valence-corrected chi connectivity index (χ2v) is 6.00. The lowest BCUT2D eigenvalue weighted by molar-refractivity contribution is 0.0698. The number of rotatable bonds is 3. The Morgan fingerprint density at radius 3 is 2.76 bits per heavy atom. The zero-order valence-electron chi connectivity index (χ0n) is 11.9. The molecule has 1 aliphatic carbocycles. The van der Waals surface area contributed by atoms with E-state index in [1.807, 2.05) is 0 Å². The maximum atomic E-state index is 12.0. The van der Waals surface area contributed by atoms with Crippen LogP contribution in [0.2, 0.25) is 5.02 Å². The number of anilines is 1. The van der Waals surface area contributed by atoms with Crippen LogP contribution in [0.5, 0.6) is 0 Å². The van der Waals surface area contributed by atoms with Crippen LogP contribution < -0.4 is 10.6 Å². The highest BCUT2D eigenvalue weighted by molar-refractivity contribution is 6.31. The van der Waals surface area contributed by atoms with Crippen LogP contribution in [0.15, 0.2) is 18.2 Å². The van der Waals surface area contributed by atoms with Crippen molar-refractivity contribution in [1.82, 2.24) is 5.32 Å². The van der Waals surface area contributed by atoms with E-state index in [0.29, 0.717) is 10.9 Å². The van der Waals surface area contributed by atoms with Crippen LogP contribution in [-0.2, 0) is 0 Å². The number of halogens is 1. The van der Waals surface area contributed by atoms with Crippen molar-refractivity contribution >= 4 is 29.3 Å². The van der Waals surface area contributed by atoms with Gasteiger partial charge < -0.3 is 15.7 Å². The molecule has 114 valence electrons. The van der Waals surface area contributed by atoms with E-state index in [4.69, 9.17) is 16.7 Å². The van der Waals surface area contributed by atoms with Gasteiger partial charge in [-0.25, -0.2) is 9.59 Å². The van der Waals surface area contributed by atoms with E-state index in [-0.39, 0.29) is 23.3 Å².